The summed E-state index contributed by atoms with van der Waals surface area (Å²) >= 11 is 6.42. The van der Waals surface area contributed by atoms with Gasteiger partial charge in [0, 0.05) is 49.9 Å². The van der Waals surface area contributed by atoms with E-state index in [0.717, 1.165) is 32.7 Å². The van der Waals surface area contributed by atoms with Gasteiger partial charge in [0.2, 0.25) is 0 Å². The van der Waals surface area contributed by atoms with Crippen LogP contribution in [0.5, 0.6) is 0 Å². The highest BCUT2D eigenvalue weighted by atomic mass is 35.5. The summed E-state index contributed by atoms with van der Waals surface area (Å²) in [6.07, 6.45) is 0.0276. The zero-order valence-corrected chi connectivity index (χ0v) is 21.7. The number of rotatable bonds is 10. The molecule has 7 nitrogen and oxygen atoms in total. The number of benzene rings is 2. The van der Waals surface area contributed by atoms with Crippen LogP contribution >= 0.6 is 11.6 Å². The normalized spacial score (nSPS) is 13.7. The van der Waals surface area contributed by atoms with Crippen molar-refractivity contribution in [2.75, 3.05) is 20.8 Å². The van der Waals surface area contributed by atoms with Crippen molar-refractivity contribution in [1.29, 1.82) is 0 Å². The number of methoxy groups -OCH3 is 2. The molecule has 1 unspecified atom stereocenters. The molecule has 34 heavy (non-hydrogen) atoms. The summed E-state index contributed by atoms with van der Waals surface area (Å²) in [4.78, 5) is 12.2. The summed E-state index contributed by atoms with van der Waals surface area (Å²) in [5, 5.41) is 3.93. The summed E-state index contributed by atoms with van der Waals surface area (Å²) < 4.78 is 37.8. The Balaban J connectivity index is 1.74. The lowest BCUT2D eigenvalue weighted by Gasteiger charge is -2.17. The van der Waals surface area contributed by atoms with Crippen molar-refractivity contribution in [3.63, 3.8) is 0 Å². The van der Waals surface area contributed by atoms with E-state index >= 15 is 0 Å². The zero-order valence-electron chi connectivity index (χ0n) is 20.1. The Bertz CT molecular complexity index is 1270. The maximum atomic E-state index is 13.0. The number of aromatic nitrogens is 1. The molecule has 184 valence electrons. The average molecular weight is 507 g/mol. The Hall–Kier alpha value is -2.39. The van der Waals surface area contributed by atoms with Gasteiger partial charge in [-0.15, -0.1) is 0 Å². The lowest BCUT2D eigenvalue weighted by Crippen LogP contribution is -2.32. The number of carbonyl (C=O) groups excluding carboxylic acids is 1. The average Bonchev–Trinajstić information content (AvgIpc) is 3.13. The number of sulfone groups is 1. The van der Waals surface area contributed by atoms with Crippen molar-refractivity contribution in [1.82, 2.24) is 9.88 Å². The molecule has 2 aromatic carbocycles. The number of nitrogens with one attached hydrogen (secondary N) is 1. The first-order valence-electron chi connectivity index (χ1n) is 11.0. The molecule has 2 atom stereocenters. The van der Waals surface area contributed by atoms with E-state index < -0.39 is 21.1 Å². The van der Waals surface area contributed by atoms with Crippen LogP contribution in [0.3, 0.4) is 0 Å². The number of fused-ring (bicyclic) bond motifs is 1. The second-order valence-electron chi connectivity index (χ2n) is 8.38. The molecule has 0 bridgehead atoms. The molecule has 0 aliphatic heterocycles. The number of hydrogen-bond acceptors (Lipinski definition) is 6. The monoisotopic (exact) mass is 506 g/mol. The highest BCUT2D eigenvalue weighted by molar-refractivity contribution is 7.92. The number of ether oxygens (including phenoxy) is 2. The molecule has 0 aliphatic rings. The van der Waals surface area contributed by atoms with Gasteiger partial charge >= 0.3 is 5.97 Å². The minimum atomic E-state index is -3.90. The fourth-order valence-corrected chi connectivity index (χ4v) is 5.91. The van der Waals surface area contributed by atoms with Gasteiger partial charge in [-0.25, -0.2) is 8.42 Å². The van der Waals surface area contributed by atoms with E-state index in [0.29, 0.717) is 6.54 Å². The zero-order chi connectivity index (χ0) is 25.0. The lowest BCUT2D eigenvalue weighted by molar-refractivity contribution is -0.140. The standard InChI is InChI=1S/C25H31ClN2O5S/c1-16-12-22(26)21-14-19(28(3)23(21)13-16)15-27-17(2)18-6-8-20(9-7-18)34(30,31)24(10-11-32-4)25(29)33-5/h6-9,12-14,17,24,27H,10-11,15H2,1-5H3/t17-,24?/m1/s1. The smallest absolute Gasteiger partial charge is 0.324 e. The maximum absolute atomic E-state index is 13.0. The van der Waals surface area contributed by atoms with E-state index in [9.17, 15) is 13.2 Å². The Morgan fingerprint density at radius 1 is 1.15 bits per heavy atom. The second-order valence-corrected chi connectivity index (χ2v) is 10.9. The van der Waals surface area contributed by atoms with Crippen molar-refractivity contribution in [3.05, 3.63) is 64.3 Å². The molecule has 1 N–H and O–H groups in total. The molecule has 0 radical (unpaired) electrons. The predicted molar refractivity (Wildman–Crippen MR) is 134 cm³/mol. The van der Waals surface area contributed by atoms with Gasteiger partial charge in [-0.3, -0.25) is 4.79 Å². The quantitative estimate of drug-likeness (QED) is 0.411. The Labute approximate surface area is 205 Å². The summed E-state index contributed by atoms with van der Waals surface area (Å²) in [5.41, 5.74) is 4.21. The minimum Gasteiger partial charge on any atom is -0.468 e. The van der Waals surface area contributed by atoms with Crippen LogP contribution in [0.4, 0.5) is 0 Å². The van der Waals surface area contributed by atoms with Gasteiger partial charge in [-0.2, -0.15) is 0 Å². The molecular formula is C25H31ClN2O5S. The van der Waals surface area contributed by atoms with Crippen LogP contribution in [0, 0.1) is 6.92 Å². The molecule has 0 aliphatic carbocycles. The van der Waals surface area contributed by atoms with Gasteiger partial charge in [0.05, 0.1) is 17.0 Å². The van der Waals surface area contributed by atoms with E-state index in [2.05, 4.69) is 22.0 Å². The molecule has 0 amide bonds. The topological polar surface area (TPSA) is 86.6 Å². The molecule has 9 heteroatoms. The molecular weight excluding hydrogens is 476 g/mol. The van der Waals surface area contributed by atoms with Crippen LogP contribution < -0.4 is 5.32 Å². The molecule has 0 fully saturated rings. The van der Waals surface area contributed by atoms with Gasteiger partial charge in [0.25, 0.3) is 0 Å². The van der Waals surface area contributed by atoms with E-state index in [1.54, 1.807) is 12.1 Å². The Kier molecular flexibility index (Phi) is 8.41. The molecule has 3 aromatic rings. The maximum Gasteiger partial charge on any atom is 0.324 e. The highest BCUT2D eigenvalue weighted by Crippen LogP contribution is 2.28. The number of hydrogen-bond donors (Lipinski definition) is 1. The van der Waals surface area contributed by atoms with Crippen molar-refractivity contribution in [2.45, 2.75) is 43.0 Å². The van der Waals surface area contributed by atoms with Crippen LogP contribution in [-0.4, -0.2) is 45.0 Å². The number of carbonyl (C=O) groups is 1. The number of aryl methyl sites for hydroxylation is 2. The van der Waals surface area contributed by atoms with Crippen molar-refractivity contribution < 1.29 is 22.7 Å². The summed E-state index contributed by atoms with van der Waals surface area (Å²) in [6, 6.07) is 12.7. The van der Waals surface area contributed by atoms with Crippen LogP contribution in [0.2, 0.25) is 5.02 Å². The third-order valence-electron chi connectivity index (χ3n) is 6.08. The van der Waals surface area contributed by atoms with Crippen LogP contribution in [0.1, 0.15) is 36.2 Å². The first-order chi connectivity index (χ1) is 16.1. The van der Waals surface area contributed by atoms with Crippen molar-refractivity contribution in [3.8, 4) is 0 Å². The fraction of sp³-hybridized carbons (Fsp3) is 0.400. The van der Waals surface area contributed by atoms with Crippen LogP contribution in [0.15, 0.2) is 47.4 Å². The van der Waals surface area contributed by atoms with Crippen LogP contribution in [0.25, 0.3) is 10.9 Å². The lowest BCUT2D eigenvalue weighted by atomic mass is 10.1. The van der Waals surface area contributed by atoms with E-state index in [1.807, 2.05) is 27.0 Å². The fourth-order valence-electron chi connectivity index (χ4n) is 3.99. The first kappa shape index (κ1) is 26.2. The number of esters is 1. The molecule has 0 saturated heterocycles. The highest BCUT2D eigenvalue weighted by Gasteiger charge is 2.34. The largest absolute Gasteiger partial charge is 0.468 e. The van der Waals surface area contributed by atoms with E-state index in [1.165, 1.54) is 26.4 Å². The van der Waals surface area contributed by atoms with Gasteiger partial charge in [-0.1, -0.05) is 23.7 Å². The van der Waals surface area contributed by atoms with E-state index in [4.69, 9.17) is 21.1 Å². The molecule has 0 saturated carbocycles. The third-order valence-corrected chi connectivity index (χ3v) is 8.50. The number of nitrogens with zero attached hydrogens (tertiary/aromatic N) is 1. The molecule has 3 rings (SSSR count). The second kappa shape index (κ2) is 10.9. The molecule has 1 heterocycles. The minimum absolute atomic E-state index is 0.0276. The van der Waals surface area contributed by atoms with Crippen molar-refractivity contribution >= 4 is 38.3 Å². The van der Waals surface area contributed by atoms with Crippen LogP contribution in [-0.2, 0) is 37.7 Å². The molecule has 0 spiro atoms. The van der Waals surface area contributed by atoms with Gasteiger partial charge in [0.1, 0.15) is 0 Å². The summed E-state index contributed by atoms with van der Waals surface area (Å²) in [6.45, 7) is 4.78. The van der Waals surface area contributed by atoms with Gasteiger partial charge in [0.15, 0.2) is 15.1 Å². The van der Waals surface area contributed by atoms with E-state index in [-0.39, 0.29) is 24.0 Å². The van der Waals surface area contributed by atoms with Gasteiger partial charge < -0.3 is 19.4 Å². The van der Waals surface area contributed by atoms with Crippen molar-refractivity contribution in [2.24, 2.45) is 7.05 Å². The Morgan fingerprint density at radius 3 is 2.44 bits per heavy atom. The molecule has 1 aromatic heterocycles. The van der Waals surface area contributed by atoms with Gasteiger partial charge in [-0.05, 0) is 61.7 Å². The SMILES string of the molecule is COCCC(C(=O)OC)S(=O)(=O)c1ccc([C@@H](C)NCc2cc3c(Cl)cc(C)cc3n2C)cc1. The summed E-state index contributed by atoms with van der Waals surface area (Å²) in [5.74, 6) is -0.790. The third kappa shape index (κ3) is 5.46. The summed E-state index contributed by atoms with van der Waals surface area (Å²) in [7, 11) is 0.749. The number of halogens is 1. The first-order valence-corrected chi connectivity index (χ1v) is 12.9. The Morgan fingerprint density at radius 2 is 1.82 bits per heavy atom. The predicted octanol–water partition coefficient (Wildman–Crippen LogP) is 4.34.